The van der Waals surface area contributed by atoms with Crippen molar-refractivity contribution in [3.8, 4) is 0 Å². The fourth-order valence-electron chi connectivity index (χ4n) is 8.03. The Morgan fingerprint density at radius 1 is 0.612 bits per heavy atom. The largest absolute Gasteiger partial charge is 0.443 e. The fraction of sp³-hybridized carbons (Fsp3) is 0.255. The van der Waals surface area contributed by atoms with Crippen LogP contribution < -0.4 is 0 Å². The highest BCUT2D eigenvalue weighted by Gasteiger charge is 2.43. The molecule has 0 fully saturated rings. The maximum atomic E-state index is 14.2. The molecular formula is C55H55F4N3O5. The zero-order chi connectivity index (χ0) is 47.9. The number of aliphatic hydroxyl groups excluding tert-OH is 1. The van der Waals surface area contributed by atoms with E-state index in [1.807, 2.05) is 131 Å². The summed E-state index contributed by atoms with van der Waals surface area (Å²) in [5.74, 6) is -3.33. The molecule has 348 valence electrons. The number of carbonyl (C=O) groups is 3. The van der Waals surface area contributed by atoms with Crippen LogP contribution in [-0.4, -0.2) is 67.9 Å². The highest BCUT2D eigenvalue weighted by molar-refractivity contribution is 6.01. The summed E-state index contributed by atoms with van der Waals surface area (Å²) in [6.45, 7) is 6.99. The van der Waals surface area contributed by atoms with Crippen molar-refractivity contribution in [1.29, 1.82) is 0 Å². The zero-order valence-electron chi connectivity index (χ0n) is 37.7. The Bertz CT molecular complexity index is 2440. The van der Waals surface area contributed by atoms with Gasteiger partial charge in [0.2, 0.25) is 0 Å². The topological polar surface area (TPSA) is 90.4 Å². The van der Waals surface area contributed by atoms with E-state index in [1.54, 1.807) is 20.8 Å². The number of halogens is 4. The van der Waals surface area contributed by atoms with Crippen LogP contribution in [0.25, 0.3) is 0 Å². The number of ether oxygens (including phenoxy) is 1. The lowest BCUT2D eigenvalue weighted by Gasteiger charge is -2.39. The number of amides is 2. The molecule has 8 nitrogen and oxygen atoms in total. The molecule has 1 heterocycles. The van der Waals surface area contributed by atoms with Gasteiger partial charge in [-0.1, -0.05) is 127 Å². The van der Waals surface area contributed by atoms with Crippen molar-refractivity contribution in [2.45, 2.75) is 89.6 Å². The third kappa shape index (κ3) is 15.2. The predicted molar refractivity (Wildman–Crippen MR) is 250 cm³/mol. The molecule has 4 atom stereocenters. The molecule has 67 heavy (non-hydrogen) atoms. The van der Waals surface area contributed by atoms with E-state index in [-0.39, 0.29) is 12.8 Å². The van der Waals surface area contributed by atoms with Crippen molar-refractivity contribution < 1.29 is 41.8 Å². The Kier molecular flexibility index (Phi) is 17.5. The second-order valence-corrected chi connectivity index (χ2v) is 17.5. The third-order valence-electron chi connectivity index (χ3n) is 11.0. The lowest BCUT2D eigenvalue weighted by Crippen LogP contribution is -2.55. The molecule has 0 radical (unpaired) electrons. The summed E-state index contributed by atoms with van der Waals surface area (Å²) in [6.07, 6.45) is 1.67. The first-order valence-electron chi connectivity index (χ1n) is 22.1. The van der Waals surface area contributed by atoms with Crippen molar-refractivity contribution in [2.75, 3.05) is 0 Å². The molecule has 2 amide bonds. The molecule has 12 heteroatoms. The summed E-state index contributed by atoms with van der Waals surface area (Å²) < 4.78 is 60.9. The molecular weight excluding hydrogens is 859 g/mol. The second kappa shape index (κ2) is 23.6. The normalized spacial score (nSPS) is 14.9. The summed E-state index contributed by atoms with van der Waals surface area (Å²) in [5.41, 5.74) is 4.02. The Morgan fingerprint density at radius 3 is 1.36 bits per heavy atom. The maximum Gasteiger partial charge on any atom is 0.417 e. The minimum Gasteiger partial charge on any atom is -0.443 e. The monoisotopic (exact) mass is 913 g/mol. The average molecular weight is 914 g/mol. The Balaban J connectivity index is 0.000000238. The van der Waals surface area contributed by atoms with E-state index in [2.05, 4.69) is 0 Å². The number of aldehydes is 1. The van der Waals surface area contributed by atoms with Gasteiger partial charge in [0, 0.05) is 50.4 Å². The third-order valence-corrected chi connectivity index (χ3v) is 11.0. The van der Waals surface area contributed by atoms with Gasteiger partial charge in [0.15, 0.2) is 0 Å². The molecule has 1 N–H and O–H groups in total. The molecule has 1 aliphatic heterocycles. The van der Waals surface area contributed by atoms with E-state index in [1.165, 1.54) is 36.4 Å². The van der Waals surface area contributed by atoms with Crippen LogP contribution in [0, 0.1) is 23.3 Å². The lowest BCUT2D eigenvalue weighted by molar-refractivity contribution is -0.128. The molecule has 0 aromatic heterocycles. The van der Waals surface area contributed by atoms with E-state index in [4.69, 9.17) is 4.74 Å². The number of aliphatic hydroxyl groups is 1. The summed E-state index contributed by atoms with van der Waals surface area (Å²) in [4.78, 5) is 42.6. The first kappa shape index (κ1) is 49.7. The summed E-state index contributed by atoms with van der Waals surface area (Å²) >= 11 is 0. The molecule has 0 saturated carbocycles. The Hall–Kier alpha value is -6.73. The number of hydrogen-bond donors (Lipinski definition) is 1. The number of hydrogen-bond acceptors (Lipinski definition) is 7. The fourth-order valence-corrected chi connectivity index (χ4v) is 8.03. The Morgan fingerprint density at radius 2 is 0.985 bits per heavy atom. The number of nitrogens with zero attached hydrogens (tertiary/aromatic N) is 3. The van der Waals surface area contributed by atoms with Crippen LogP contribution in [0.2, 0.25) is 0 Å². The molecule has 0 unspecified atom stereocenters. The molecule has 0 spiro atoms. The maximum absolute atomic E-state index is 14.2. The van der Waals surface area contributed by atoms with Gasteiger partial charge in [-0.15, -0.1) is 0 Å². The molecule has 0 bridgehead atoms. The SMILES string of the molecule is CC(C)(C)OC(=O)N1C(=O)C=C[C@@H]1[C@@H](O)[C@H](Cc1cc(F)cc(F)c1)N(Cc1ccccc1)Cc1ccccc1.O=C[C@H](Cc1cc(F)cc(F)c1)N(Cc1ccccc1)Cc1ccccc1. The van der Waals surface area contributed by atoms with Gasteiger partial charge in [0.1, 0.15) is 35.2 Å². The van der Waals surface area contributed by atoms with Gasteiger partial charge in [-0.3, -0.25) is 14.6 Å². The van der Waals surface area contributed by atoms with Gasteiger partial charge in [-0.05, 0) is 91.3 Å². The van der Waals surface area contributed by atoms with E-state index in [0.29, 0.717) is 37.3 Å². The number of imide groups is 1. The van der Waals surface area contributed by atoms with Gasteiger partial charge >= 0.3 is 6.09 Å². The standard InChI is InChI=1S/C32H34F2N2O4.C23H21F2NO/c1-32(2,3)40-31(39)36-27(14-15-29(36)37)30(38)28(18-24-16-25(33)19-26(34)17-24)35(20-22-10-6-4-7-11-22)21-23-12-8-5-9-13-23;24-21-11-20(12-22(25)14-21)13-23(17-27)26(15-18-7-3-1-4-8-18)16-19-9-5-2-6-10-19/h4-17,19,27-28,30,38H,18,20-21H2,1-3H3;1-12,14,17,23H,13,15-16H2/t27-,28+,30-;23-/m10/s1. The average Bonchev–Trinajstić information content (AvgIpc) is 3.68. The van der Waals surface area contributed by atoms with E-state index in [0.717, 1.165) is 45.6 Å². The minimum absolute atomic E-state index is 0.0518. The van der Waals surface area contributed by atoms with Crippen molar-refractivity contribution in [3.05, 3.63) is 227 Å². The number of rotatable bonds is 17. The van der Waals surface area contributed by atoms with Gasteiger partial charge in [0.05, 0.1) is 18.2 Å². The van der Waals surface area contributed by atoms with Crippen LogP contribution >= 0.6 is 0 Å². The van der Waals surface area contributed by atoms with Crippen LogP contribution in [0.15, 0.2) is 170 Å². The quantitative estimate of drug-likeness (QED) is 0.0720. The highest BCUT2D eigenvalue weighted by Crippen LogP contribution is 2.28. The molecule has 6 aromatic carbocycles. The molecule has 7 rings (SSSR count). The van der Waals surface area contributed by atoms with Crippen LogP contribution in [-0.2, 0) is 53.3 Å². The van der Waals surface area contributed by atoms with E-state index in [9.17, 15) is 37.1 Å². The first-order valence-corrected chi connectivity index (χ1v) is 22.1. The summed E-state index contributed by atoms with van der Waals surface area (Å²) in [5, 5.41) is 11.9. The minimum atomic E-state index is -1.31. The number of carbonyl (C=O) groups excluding carboxylic acids is 3. The smallest absolute Gasteiger partial charge is 0.417 e. The first-order chi connectivity index (χ1) is 32.1. The molecule has 0 saturated heterocycles. The van der Waals surface area contributed by atoms with Crippen molar-refractivity contribution in [2.24, 2.45) is 0 Å². The van der Waals surface area contributed by atoms with Gasteiger partial charge in [-0.25, -0.2) is 27.3 Å². The molecule has 1 aliphatic rings. The van der Waals surface area contributed by atoms with Crippen LogP contribution in [0.4, 0.5) is 22.4 Å². The predicted octanol–water partition coefficient (Wildman–Crippen LogP) is 10.4. The van der Waals surface area contributed by atoms with Crippen molar-refractivity contribution in [1.82, 2.24) is 14.7 Å². The summed E-state index contributed by atoms with van der Waals surface area (Å²) in [7, 11) is 0. The highest BCUT2D eigenvalue weighted by atomic mass is 19.1. The van der Waals surface area contributed by atoms with Crippen LogP contribution in [0.1, 0.15) is 54.2 Å². The van der Waals surface area contributed by atoms with E-state index < -0.39 is 65.1 Å². The number of benzene rings is 6. The van der Waals surface area contributed by atoms with Gasteiger partial charge in [0.25, 0.3) is 5.91 Å². The van der Waals surface area contributed by atoms with Gasteiger partial charge in [-0.2, -0.15) is 0 Å². The van der Waals surface area contributed by atoms with Crippen LogP contribution in [0.5, 0.6) is 0 Å². The zero-order valence-corrected chi connectivity index (χ0v) is 37.7. The van der Waals surface area contributed by atoms with Crippen molar-refractivity contribution in [3.63, 3.8) is 0 Å². The summed E-state index contributed by atoms with van der Waals surface area (Å²) in [6, 6.07) is 43.3. The van der Waals surface area contributed by atoms with Gasteiger partial charge < -0.3 is 14.6 Å². The van der Waals surface area contributed by atoms with Crippen LogP contribution in [0.3, 0.4) is 0 Å². The Labute approximate surface area is 389 Å². The molecule has 6 aromatic rings. The lowest BCUT2D eigenvalue weighted by atomic mass is 9.93. The van der Waals surface area contributed by atoms with Crippen molar-refractivity contribution >= 4 is 18.3 Å². The van der Waals surface area contributed by atoms with E-state index >= 15 is 0 Å². The second-order valence-electron chi connectivity index (χ2n) is 17.5. The molecule has 0 aliphatic carbocycles.